The molecule has 6 nitrogen and oxygen atoms in total. The zero-order valence-corrected chi connectivity index (χ0v) is 16.7. The lowest BCUT2D eigenvalue weighted by molar-refractivity contribution is -0.373. The largest absolute Gasteiger partial charge is 0.435 e. The Morgan fingerprint density at radius 3 is 2.38 bits per heavy atom. The van der Waals surface area contributed by atoms with Gasteiger partial charge in [0.2, 0.25) is 5.89 Å². The van der Waals surface area contributed by atoms with Crippen LogP contribution in [-0.2, 0) is 4.74 Å². The van der Waals surface area contributed by atoms with Crippen LogP contribution in [0.1, 0.15) is 12.5 Å². The summed E-state index contributed by atoms with van der Waals surface area (Å²) in [6.07, 6.45) is -9.89. The Morgan fingerprint density at radius 1 is 1.12 bits per heavy atom. The third-order valence-corrected chi connectivity index (χ3v) is 4.68. The second-order valence-corrected chi connectivity index (χ2v) is 6.98. The van der Waals surface area contributed by atoms with E-state index in [1.807, 2.05) is 0 Å². The average molecular weight is 458 g/mol. The Balaban J connectivity index is 1.65. The van der Waals surface area contributed by atoms with Crippen LogP contribution in [0.25, 0.3) is 27.5 Å². The van der Waals surface area contributed by atoms with Gasteiger partial charge in [-0.25, -0.2) is 14.8 Å². The van der Waals surface area contributed by atoms with Gasteiger partial charge < -0.3 is 14.5 Å². The minimum absolute atomic E-state index is 0.0491. The summed E-state index contributed by atoms with van der Waals surface area (Å²) in [5.41, 5.74) is -1.42. The molecular formula is C20H16F6N4O2. The number of rotatable bonds is 6. The van der Waals surface area contributed by atoms with Crippen molar-refractivity contribution < 1.29 is 35.5 Å². The molecule has 0 spiro atoms. The van der Waals surface area contributed by atoms with Crippen LogP contribution in [0.3, 0.4) is 0 Å². The van der Waals surface area contributed by atoms with Crippen LogP contribution in [0.5, 0.6) is 0 Å². The fourth-order valence-electron chi connectivity index (χ4n) is 2.76. The van der Waals surface area contributed by atoms with E-state index in [1.165, 1.54) is 18.3 Å². The summed E-state index contributed by atoms with van der Waals surface area (Å²) in [4.78, 5) is 11.8. The van der Waals surface area contributed by atoms with Crippen molar-refractivity contribution >= 4 is 22.5 Å². The molecule has 0 saturated heterocycles. The van der Waals surface area contributed by atoms with Crippen molar-refractivity contribution in [2.75, 3.05) is 18.5 Å². The van der Waals surface area contributed by atoms with Gasteiger partial charge in [-0.1, -0.05) is 0 Å². The average Bonchev–Trinajstić information content (AvgIpc) is 3.14. The van der Waals surface area contributed by atoms with Crippen molar-refractivity contribution in [3.63, 3.8) is 0 Å². The number of aromatic nitrogens is 2. The van der Waals surface area contributed by atoms with E-state index in [1.54, 1.807) is 19.1 Å². The maximum absolute atomic E-state index is 12.8. The molecule has 0 saturated carbocycles. The molecule has 3 aromatic rings. The van der Waals surface area contributed by atoms with Crippen molar-refractivity contribution in [3.05, 3.63) is 47.4 Å². The Bertz CT molecular complexity index is 1130. The molecule has 3 rings (SSSR count). The van der Waals surface area contributed by atoms with Gasteiger partial charge in [0, 0.05) is 6.54 Å². The van der Waals surface area contributed by atoms with Crippen LogP contribution in [-0.4, -0.2) is 41.1 Å². The molecule has 0 unspecified atom stereocenters. The molecule has 2 heterocycles. The number of pyridine rings is 1. The van der Waals surface area contributed by atoms with Gasteiger partial charge in [0.1, 0.15) is 5.69 Å². The molecule has 1 aromatic carbocycles. The number of oxazole rings is 1. The molecule has 12 heteroatoms. The lowest BCUT2D eigenvalue weighted by Crippen LogP contribution is -2.56. The number of halogens is 6. The summed E-state index contributed by atoms with van der Waals surface area (Å²) in [6.45, 7) is 7.67. The maximum Gasteiger partial charge on any atom is 0.426 e. The summed E-state index contributed by atoms with van der Waals surface area (Å²) in [5, 5.41) is 2.64. The van der Waals surface area contributed by atoms with Gasteiger partial charge >= 0.3 is 12.4 Å². The Morgan fingerprint density at radius 2 is 1.81 bits per heavy atom. The number of alkyl halides is 6. The number of hydrogen-bond acceptors (Lipinski definition) is 5. The number of hydrogen-bond donors (Lipinski definition) is 1. The fourth-order valence-corrected chi connectivity index (χ4v) is 2.76. The van der Waals surface area contributed by atoms with E-state index in [2.05, 4.69) is 24.9 Å². The highest BCUT2D eigenvalue weighted by molar-refractivity contribution is 5.83. The second kappa shape index (κ2) is 8.31. The van der Waals surface area contributed by atoms with Gasteiger partial charge in [-0.05, 0) is 43.7 Å². The van der Waals surface area contributed by atoms with Crippen molar-refractivity contribution in [3.8, 4) is 11.6 Å². The Kier molecular flexibility index (Phi) is 6.06. The predicted octanol–water partition coefficient (Wildman–Crippen LogP) is 6.06. The number of ether oxygens (including phenoxy) is 1. The van der Waals surface area contributed by atoms with Gasteiger partial charge in [-0.3, -0.25) is 0 Å². The zero-order chi connectivity index (χ0) is 23.7. The SMILES string of the molecule is [C-]#[N+]c1cc(C)c2oc(-c3ccc(NCCOC(C)(C(F)(F)F)C(F)(F)F)cn3)nc2c1. The normalized spacial score (nSPS) is 12.7. The second-order valence-electron chi connectivity index (χ2n) is 6.98. The van der Waals surface area contributed by atoms with E-state index in [0.717, 1.165) is 5.56 Å². The number of nitrogens with one attached hydrogen (secondary N) is 1. The number of nitrogens with zero attached hydrogens (tertiary/aromatic N) is 3. The quantitative estimate of drug-likeness (QED) is 0.276. The molecule has 0 aliphatic heterocycles. The smallest absolute Gasteiger partial charge is 0.426 e. The monoisotopic (exact) mass is 458 g/mol. The molecule has 1 N–H and O–H groups in total. The first-order valence-electron chi connectivity index (χ1n) is 9.12. The van der Waals surface area contributed by atoms with Crippen molar-refractivity contribution in [2.45, 2.75) is 31.8 Å². The summed E-state index contributed by atoms with van der Waals surface area (Å²) in [7, 11) is 0. The molecule has 0 amide bonds. The lowest BCUT2D eigenvalue weighted by Gasteiger charge is -2.33. The molecule has 0 fully saturated rings. The molecule has 0 radical (unpaired) electrons. The van der Waals surface area contributed by atoms with Gasteiger partial charge in [0.25, 0.3) is 5.60 Å². The van der Waals surface area contributed by atoms with Crippen LogP contribution in [0.2, 0.25) is 0 Å². The van der Waals surface area contributed by atoms with Crippen LogP contribution >= 0.6 is 0 Å². The standard InChI is InChI=1S/C20H16F6N4O2/c1-11-8-13(27-3)9-15-16(11)32-17(30-15)14-5-4-12(10-29-14)28-6-7-31-18(2,19(21,22)23)20(24,25)26/h4-5,8-10,28H,6-7H2,1-2H3. The summed E-state index contributed by atoms with van der Waals surface area (Å²) < 4.78 is 86.6. The fraction of sp³-hybridized carbons (Fsp3) is 0.350. The zero-order valence-electron chi connectivity index (χ0n) is 16.7. The van der Waals surface area contributed by atoms with E-state index in [-0.39, 0.29) is 19.4 Å². The van der Waals surface area contributed by atoms with E-state index in [9.17, 15) is 26.3 Å². The number of aryl methyl sites for hydroxylation is 1. The maximum atomic E-state index is 12.8. The van der Waals surface area contributed by atoms with Crippen molar-refractivity contribution in [2.24, 2.45) is 0 Å². The van der Waals surface area contributed by atoms with E-state index in [0.29, 0.717) is 28.2 Å². The number of fused-ring (bicyclic) bond motifs is 1. The van der Waals surface area contributed by atoms with E-state index < -0.39 is 24.6 Å². The Hall–Kier alpha value is -3.33. The number of benzene rings is 1. The molecule has 0 atom stereocenters. The summed E-state index contributed by atoms with van der Waals surface area (Å²) >= 11 is 0. The van der Waals surface area contributed by atoms with Gasteiger partial charge in [-0.15, -0.1) is 0 Å². The summed E-state index contributed by atoms with van der Waals surface area (Å²) in [5.74, 6) is 0.200. The van der Waals surface area contributed by atoms with E-state index in [4.69, 9.17) is 11.0 Å². The first-order chi connectivity index (χ1) is 14.9. The van der Waals surface area contributed by atoms with Crippen molar-refractivity contribution in [1.82, 2.24) is 9.97 Å². The molecule has 0 bridgehead atoms. The summed E-state index contributed by atoms with van der Waals surface area (Å²) in [6, 6.07) is 6.28. The van der Waals surface area contributed by atoms with Crippen LogP contribution in [0.15, 0.2) is 34.9 Å². The van der Waals surface area contributed by atoms with Gasteiger partial charge in [0.15, 0.2) is 11.3 Å². The van der Waals surface area contributed by atoms with Crippen molar-refractivity contribution in [1.29, 1.82) is 0 Å². The van der Waals surface area contributed by atoms with Crippen LogP contribution in [0.4, 0.5) is 37.7 Å². The first-order valence-corrected chi connectivity index (χ1v) is 9.12. The highest BCUT2D eigenvalue weighted by Gasteiger charge is 2.69. The topological polar surface area (TPSA) is 64.5 Å². The molecule has 0 aliphatic carbocycles. The Labute approximate surface area is 178 Å². The molecule has 32 heavy (non-hydrogen) atoms. The van der Waals surface area contributed by atoms with Crippen LogP contribution < -0.4 is 5.32 Å². The highest BCUT2D eigenvalue weighted by atomic mass is 19.4. The highest BCUT2D eigenvalue weighted by Crippen LogP contribution is 2.45. The number of anilines is 1. The van der Waals surface area contributed by atoms with Gasteiger partial charge in [-0.2, -0.15) is 26.3 Å². The molecule has 170 valence electrons. The lowest BCUT2D eigenvalue weighted by atomic mass is 10.1. The van der Waals surface area contributed by atoms with Gasteiger partial charge in [0.05, 0.1) is 30.6 Å². The minimum atomic E-state index is -5.61. The molecule has 0 aliphatic rings. The predicted molar refractivity (Wildman–Crippen MR) is 103 cm³/mol. The third kappa shape index (κ3) is 4.47. The third-order valence-electron chi connectivity index (χ3n) is 4.68. The molecular weight excluding hydrogens is 442 g/mol. The molecule has 2 aromatic heterocycles. The van der Waals surface area contributed by atoms with E-state index >= 15 is 0 Å². The van der Waals surface area contributed by atoms with Crippen LogP contribution in [0, 0.1) is 13.5 Å². The minimum Gasteiger partial charge on any atom is -0.435 e. The first kappa shape index (κ1) is 23.3.